The van der Waals surface area contributed by atoms with E-state index in [-0.39, 0.29) is 27.1 Å². The Balaban J connectivity index is 1.26. The molecule has 0 bridgehead atoms. The van der Waals surface area contributed by atoms with Crippen LogP contribution in [-0.4, -0.2) is 19.3 Å². The molecule has 0 amide bonds. The molecule has 0 spiro atoms. The standard InChI is InChI=1S/C56H62N4O/c1-52(2,3)39-31-32-57-48(34-39)59-46-30-27-40(55(10,11)37-21-16-14-17-22-37)33-45(46)44-29-28-43(36-47(44)59)61-42-26-20-25-41(35-42)60-51(54(7,8)9)49(50(58-60)53(4,5)6)56(12,13)38-23-18-15-19-24-38/h14-36H,1-13H3. The Bertz CT molecular complexity index is 2870. The summed E-state index contributed by atoms with van der Waals surface area (Å²) < 4.78 is 11.3. The van der Waals surface area contributed by atoms with Crippen molar-refractivity contribution in [2.75, 3.05) is 0 Å². The minimum absolute atomic E-state index is 0.0320. The summed E-state index contributed by atoms with van der Waals surface area (Å²) in [6, 6.07) is 47.7. The number of pyridine rings is 1. The van der Waals surface area contributed by atoms with Gasteiger partial charge < -0.3 is 4.74 Å². The van der Waals surface area contributed by atoms with Crippen LogP contribution in [-0.2, 0) is 27.1 Å². The van der Waals surface area contributed by atoms with Gasteiger partial charge in [0.1, 0.15) is 17.3 Å². The van der Waals surface area contributed by atoms with Crippen molar-refractivity contribution in [2.45, 2.75) is 117 Å². The second-order valence-corrected chi connectivity index (χ2v) is 21.0. The van der Waals surface area contributed by atoms with Crippen molar-refractivity contribution in [3.05, 3.63) is 179 Å². The maximum absolute atomic E-state index is 6.84. The minimum atomic E-state index is -0.286. The Morgan fingerprint density at radius 1 is 0.459 bits per heavy atom. The fourth-order valence-electron chi connectivity index (χ4n) is 8.96. The third-order valence-corrected chi connectivity index (χ3v) is 12.5. The molecule has 0 saturated carbocycles. The molecular formula is C56H62N4O. The van der Waals surface area contributed by atoms with E-state index in [0.717, 1.165) is 45.1 Å². The molecule has 312 valence electrons. The molecule has 3 aromatic heterocycles. The zero-order chi connectivity index (χ0) is 43.7. The number of hydrogen-bond donors (Lipinski definition) is 0. The zero-order valence-electron chi connectivity index (χ0n) is 38.5. The Labute approximate surface area is 363 Å². The van der Waals surface area contributed by atoms with Gasteiger partial charge >= 0.3 is 0 Å². The van der Waals surface area contributed by atoms with E-state index in [2.05, 4.69) is 227 Å². The molecule has 8 aromatic rings. The maximum Gasteiger partial charge on any atom is 0.137 e. The average Bonchev–Trinajstić information content (AvgIpc) is 3.80. The SMILES string of the molecule is CC(C)(C)c1ccnc(-n2c3ccc(C(C)(C)c4ccccc4)cc3c3ccc(Oc4cccc(-n5nc(C(C)(C)C)c(C(C)(C)c6ccccc6)c5C(C)(C)C)c4)cc32)c1. The summed E-state index contributed by atoms with van der Waals surface area (Å²) in [7, 11) is 0. The highest BCUT2D eigenvalue weighted by Crippen LogP contribution is 2.45. The van der Waals surface area contributed by atoms with Crippen molar-refractivity contribution in [1.29, 1.82) is 0 Å². The van der Waals surface area contributed by atoms with Crippen molar-refractivity contribution in [1.82, 2.24) is 19.3 Å². The lowest BCUT2D eigenvalue weighted by Crippen LogP contribution is -2.29. The summed E-state index contributed by atoms with van der Waals surface area (Å²) >= 11 is 0. The van der Waals surface area contributed by atoms with Crippen LogP contribution in [0.4, 0.5) is 0 Å². The highest BCUT2D eigenvalue weighted by Gasteiger charge is 2.40. The van der Waals surface area contributed by atoms with E-state index in [9.17, 15) is 0 Å². The third-order valence-electron chi connectivity index (χ3n) is 12.5. The first kappa shape index (κ1) is 41.8. The van der Waals surface area contributed by atoms with Crippen molar-refractivity contribution in [3.8, 4) is 23.0 Å². The number of benzene rings is 5. The number of ether oxygens (including phenoxy) is 1. The van der Waals surface area contributed by atoms with Crippen LogP contribution in [0.1, 0.15) is 129 Å². The van der Waals surface area contributed by atoms with Crippen molar-refractivity contribution in [2.24, 2.45) is 0 Å². The van der Waals surface area contributed by atoms with Gasteiger partial charge in [-0.2, -0.15) is 5.10 Å². The second-order valence-electron chi connectivity index (χ2n) is 21.0. The van der Waals surface area contributed by atoms with E-state index in [1.165, 1.54) is 38.9 Å². The molecule has 0 saturated heterocycles. The van der Waals surface area contributed by atoms with Gasteiger partial charge in [0, 0.05) is 56.3 Å². The molecule has 0 aliphatic carbocycles. The van der Waals surface area contributed by atoms with Gasteiger partial charge in [0.15, 0.2) is 0 Å². The van der Waals surface area contributed by atoms with E-state index < -0.39 is 0 Å². The summed E-state index contributed by atoms with van der Waals surface area (Å²) in [5.74, 6) is 2.39. The Morgan fingerprint density at radius 3 is 1.72 bits per heavy atom. The van der Waals surface area contributed by atoms with Gasteiger partial charge in [-0.25, -0.2) is 9.67 Å². The lowest BCUT2D eigenvalue weighted by molar-refractivity contribution is 0.481. The fourth-order valence-corrected chi connectivity index (χ4v) is 8.96. The van der Waals surface area contributed by atoms with Crippen LogP contribution in [0.2, 0.25) is 0 Å². The third kappa shape index (κ3) is 7.69. The van der Waals surface area contributed by atoms with E-state index >= 15 is 0 Å². The second kappa shape index (κ2) is 14.9. The van der Waals surface area contributed by atoms with Gasteiger partial charge in [-0.05, 0) is 76.2 Å². The van der Waals surface area contributed by atoms with Crippen LogP contribution in [0.25, 0.3) is 33.3 Å². The van der Waals surface area contributed by atoms with Gasteiger partial charge in [-0.1, -0.05) is 163 Å². The molecule has 3 heterocycles. The highest BCUT2D eigenvalue weighted by atomic mass is 16.5. The molecule has 0 unspecified atom stereocenters. The quantitative estimate of drug-likeness (QED) is 0.154. The van der Waals surface area contributed by atoms with Crippen molar-refractivity contribution in [3.63, 3.8) is 0 Å². The first-order chi connectivity index (χ1) is 28.7. The average molecular weight is 807 g/mol. The molecule has 0 radical (unpaired) electrons. The van der Waals surface area contributed by atoms with Crippen LogP contribution in [0.15, 0.2) is 140 Å². The topological polar surface area (TPSA) is 44.9 Å². The van der Waals surface area contributed by atoms with Crippen molar-refractivity contribution >= 4 is 21.8 Å². The van der Waals surface area contributed by atoms with Crippen LogP contribution in [0.3, 0.4) is 0 Å². The summed E-state index contributed by atoms with van der Waals surface area (Å²) in [5, 5.41) is 7.82. The van der Waals surface area contributed by atoms with Crippen LogP contribution in [0.5, 0.6) is 11.5 Å². The summed E-state index contributed by atoms with van der Waals surface area (Å²) in [6.07, 6.45) is 1.94. The first-order valence-corrected chi connectivity index (χ1v) is 21.7. The van der Waals surface area contributed by atoms with Crippen LogP contribution < -0.4 is 4.74 Å². The summed E-state index contributed by atoms with van der Waals surface area (Å²) in [5.41, 5.74) is 10.9. The monoisotopic (exact) mass is 806 g/mol. The number of hydrogen-bond acceptors (Lipinski definition) is 3. The molecule has 5 nitrogen and oxygen atoms in total. The number of fused-ring (bicyclic) bond motifs is 3. The summed E-state index contributed by atoms with van der Waals surface area (Å²) in [6.45, 7) is 29.7. The predicted octanol–water partition coefficient (Wildman–Crippen LogP) is 14.7. The van der Waals surface area contributed by atoms with Crippen molar-refractivity contribution < 1.29 is 4.74 Å². The van der Waals surface area contributed by atoms with Gasteiger partial charge in [-0.15, -0.1) is 0 Å². The van der Waals surface area contributed by atoms with Gasteiger partial charge in [-0.3, -0.25) is 4.57 Å². The lowest BCUT2D eigenvalue weighted by Gasteiger charge is -2.33. The minimum Gasteiger partial charge on any atom is -0.457 e. The van der Waals surface area contributed by atoms with E-state index in [1.54, 1.807) is 0 Å². The smallest absolute Gasteiger partial charge is 0.137 e. The number of nitrogens with zero attached hydrogens (tertiary/aromatic N) is 4. The molecular weight excluding hydrogens is 745 g/mol. The Morgan fingerprint density at radius 2 is 1.10 bits per heavy atom. The van der Waals surface area contributed by atoms with E-state index in [4.69, 9.17) is 14.8 Å². The van der Waals surface area contributed by atoms with E-state index in [1.807, 2.05) is 12.3 Å². The zero-order valence-corrected chi connectivity index (χ0v) is 38.5. The molecule has 0 atom stereocenters. The molecule has 8 rings (SSSR count). The predicted molar refractivity (Wildman–Crippen MR) is 255 cm³/mol. The molecule has 0 N–H and O–H groups in total. The number of rotatable bonds is 8. The first-order valence-electron chi connectivity index (χ1n) is 21.7. The normalized spacial score (nSPS) is 13.0. The summed E-state index contributed by atoms with van der Waals surface area (Å²) in [4.78, 5) is 4.98. The molecule has 5 aromatic carbocycles. The van der Waals surface area contributed by atoms with Crippen LogP contribution in [0, 0.1) is 0 Å². The van der Waals surface area contributed by atoms with Crippen LogP contribution >= 0.6 is 0 Å². The lowest BCUT2D eigenvalue weighted by atomic mass is 9.70. The Hall–Kier alpha value is -5.94. The van der Waals surface area contributed by atoms with Gasteiger partial charge in [0.05, 0.1) is 28.1 Å². The highest BCUT2D eigenvalue weighted by molar-refractivity contribution is 6.09. The maximum atomic E-state index is 6.84. The van der Waals surface area contributed by atoms with E-state index in [0.29, 0.717) is 0 Å². The molecule has 61 heavy (non-hydrogen) atoms. The van der Waals surface area contributed by atoms with Gasteiger partial charge in [0.2, 0.25) is 0 Å². The van der Waals surface area contributed by atoms with Gasteiger partial charge in [0.25, 0.3) is 0 Å². The number of aromatic nitrogens is 4. The Kier molecular flexibility index (Phi) is 10.2. The molecule has 0 fully saturated rings. The molecule has 0 aliphatic heterocycles. The largest absolute Gasteiger partial charge is 0.457 e. The molecule has 0 aliphatic rings. The fraction of sp³-hybridized carbons (Fsp3) is 0.321. The molecule has 5 heteroatoms.